The maximum atomic E-state index is 12.2. The summed E-state index contributed by atoms with van der Waals surface area (Å²) in [6.45, 7) is 4.28. The summed E-state index contributed by atoms with van der Waals surface area (Å²) in [7, 11) is 0. The van der Waals surface area contributed by atoms with Crippen LogP contribution in [-0.4, -0.2) is 45.1 Å². The molecule has 0 saturated carbocycles. The zero-order chi connectivity index (χ0) is 17.6. The minimum atomic E-state index is -0.225. The molecule has 1 amide bonds. The summed E-state index contributed by atoms with van der Waals surface area (Å²) < 4.78 is 0. The third-order valence-electron chi connectivity index (χ3n) is 4.65. The fourth-order valence-electron chi connectivity index (χ4n) is 3.19. The molecule has 1 atom stereocenters. The standard InChI is InChI=1S/C19H24N4O2/c1-14-9-21-18(11-20-14)19(25)22-10-15-5-2-3-6-16(15)12-23-8-4-7-17(23)13-24/h2-3,5-6,9,11,17,24H,4,7-8,10,12-13H2,1H3,(H,22,25). The smallest absolute Gasteiger partial charge is 0.271 e. The summed E-state index contributed by atoms with van der Waals surface area (Å²) in [5, 5.41) is 12.4. The van der Waals surface area contributed by atoms with Crippen LogP contribution < -0.4 is 5.32 Å². The highest BCUT2D eigenvalue weighted by Gasteiger charge is 2.24. The molecule has 3 rings (SSSR count). The summed E-state index contributed by atoms with van der Waals surface area (Å²) in [4.78, 5) is 22.7. The van der Waals surface area contributed by atoms with Gasteiger partial charge in [0.05, 0.1) is 18.5 Å². The van der Waals surface area contributed by atoms with Crippen molar-refractivity contribution in [3.63, 3.8) is 0 Å². The van der Waals surface area contributed by atoms with Gasteiger partial charge in [-0.1, -0.05) is 24.3 Å². The predicted molar refractivity (Wildman–Crippen MR) is 94.9 cm³/mol. The highest BCUT2D eigenvalue weighted by molar-refractivity contribution is 5.91. The summed E-state index contributed by atoms with van der Waals surface area (Å²) in [5.74, 6) is -0.225. The zero-order valence-electron chi connectivity index (χ0n) is 14.5. The number of nitrogens with one attached hydrogen (secondary N) is 1. The first-order valence-corrected chi connectivity index (χ1v) is 8.66. The Hall–Kier alpha value is -2.31. The van der Waals surface area contributed by atoms with Crippen LogP contribution in [-0.2, 0) is 13.1 Å². The first kappa shape index (κ1) is 17.5. The molecule has 2 N–H and O–H groups in total. The fourth-order valence-corrected chi connectivity index (χ4v) is 3.19. The van der Waals surface area contributed by atoms with Crippen molar-refractivity contribution in [2.75, 3.05) is 13.2 Å². The second-order valence-electron chi connectivity index (χ2n) is 6.44. The largest absolute Gasteiger partial charge is 0.395 e. The molecule has 1 saturated heterocycles. The van der Waals surface area contributed by atoms with Gasteiger partial charge in [-0.3, -0.25) is 14.7 Å². The Labute approximate surface area is 147 Å². The zero-order valence-corrected chi connectivity index (χ0v) is 14.5. The van der Waals surface area contributed by atoms with Crippen LogP contribution in [0.4, 0.5) is 0 Å². The Morgan fingerprint density at radius 2 is 2.08 bits per heavy atom. The van der Waals surface area contributed by atoms with E-state index in [2.05, 4.69) is 26.3 Å². The summed E-state index contributed by atoms with van der Waals surface area (Å²) in [6, 6.07) is 8.34. The first-order chi connectivity index (χ1) is 12.2. The Balaban J connectivity index is 1.64. The van der Waals surface area contributed by atoms with E-state index in [9.17, 15) is 9.90 Å². The molecule has 2 heterocycles. The molecule has 1 aromatic carbocycles. The number of aliphatic hydroxyl groups excluding tert-OH is 1. The van der Waals surface area contributed by atoms with Crippen LogP contribution in [0.1, 0.15) is 40.2 Å². The minimum Gasteiger partial charge on any atom is -0.395 e. The third-order valence-corrected chi connectivity index (χ3v) is 4.65. The second-order valence-corrected chi connectivity index (χ2v) is 6.44. The van der Waals surface area contributed by atoms with Gasteiger partial charge >= 0.3 is 0 Å². The molecule has 1 aliphatic heterocycles. The van der Waals surface area contributed by atoms with Crippen LogP contribution in [0, 0.1) is 6.92 Å². The number of carbonyl (C=O) groups is 1. The first-order valence-electron chi connectivity index (χ1n) is 8.66. The second kappa shape index (κ2) is 8.18. The lowest BCUT2D eigenvalue weighted by molar-refractivity contribution is 0.0945. The maximum absolute atomic E-state index is 12.2. The van der Waals surface area contributed by atoms with Gasteiger partial charge in [-0.25, -0.2) is 4.98 Å². The van der Waals surface area contributed by atoms with Crippen LogP contribution in [0.15, 0.2) is 36.7 Å². The quantitative estimate of drug-likeness (QED) is 0.836. The number of carbonyl (C=O) groups excluding carboxylic acids is 1. The van der Waals surface area contributed by atoms with E-state index in [4.69, 9.17) is 0 Å². The molecule has 2 aromatic rings. The summed E-state index contributed by atoms with van der Waals surface area (Å²) >= 11 is 0. The molecule has 132 valence electrons. The molecule has 1 aliphatic rings. The van der Waals surface area contributed by atoms with Crippen molar-refractivity contribution < 1.29 is 9.90 Å². The predicted octanol–water partition coefficient (Wildman–Crippen LogP) is 1.67. The monoisotopic (exact) mass is 340 g/mol. The van der Waals surface area contributed by atoms with Gasteiger partial charge in [0.25, 0.3) is 5.91 Å². The molecule has 6 heteroatoms. The maximum Gasteiger partial charge on any atom is 0.271 e. The number of aromatic nitrogens is 2. The Bertz CT molecular complexity index is 718. The molecule has 1 unspecified atom stereocenters. The van der Waals surface area contributed by atoms with Crippen molar-refractivity contribution in [2.45, 2.75) is 38.9 Å². The van der Waals surface area contributed by atoms with Crippen molar-refractivity contribution in [2.24, 2.45) is 0 Å². The van der Waals surface area contributed by atoms with Crippen LogP contribution in [0.25, 0.3) is 0 Å². The number of hydrogen-bond acceptors (Lipinski definition) is 5. The molecule has 0 spiro atoms. The normalized spacial score (nSPS) is 17.6. The van der Waals surface area contributed by atoms with Gasteiger partial charge in [-0.05, 0) is 37.4 Å². The molecule has 0 radical (unpaired) electrons. The van der Waals surface area contributed by atoms with Gasteiger partial charge in [-0.15, -0.1) is 0 Å². The van der Waals surface area contributed by atoms with Crippen molar-refractivity contribution >= 4 is 5.91 Å². The Morgan fingerprint density at radius 3 is 2.80 bits per heavy atom. The van der Waals surface area contributed by atoms with Gasteiger partial charge < -0.3 is 10.4 Å². The van der Waals surface area contributed by atoms with E-state index in [1.54, 1.807) is 6.20 Å². The lowest BCUT2D eigenvalue weighted by Crippen LogP contribution is -2.32. The van der Waals surface area contributed by atoms with Crippen molar-refractivity contribution in [1.82, 2.24) is 20.2 Å². The van der Waals surface area contributed by atoms with E-state index < -0.39 is 0 Å². The van der Waals surface area contributed by atoms with Crippen molar-refractivity contribution in [3.05, 3.63) is 59.2 Å². The third kappa shape index (κ3) is 4.41. The fraction of sp³-hybridized carbons (Fsp3) is 0.421. The van der Waals surface area contributed by atoms with Gasteiger partial charge in [0.2, 0.25) is 0 Å². The molecule has 6 nitrogen and oxygen atoms in total. The van der Waals surface area contributed by atoms with Crippen molar-refractivity contribution in [3.8, 4) is 0 Å². The van der Waals surface area contributed by atoms with Crippen LogP contribution in [0.3, 0.4) is 0 Å². The number of benzene rings is 1. The average Bonchev–Trinajstić information content (AvgIpc) is 3.08. The van der Waals surface area contributed by atoms with Gasteiger partial charge in [-0.2, -0.15) is 0 Å². The highest BCUT2D eigenvalue weighted by atomic mass is 16.3. The minimum absolute atomic E-state index is 0.199. The lowest BCUT2D eigenvalue weighted by Gasteiger charge is -2.24. The van der Waals surface area contributed by atoms with E-state index in [1.807, 2.05) is 25.1 Å². The Morgan fingerprint density at radius 1 is 1.28 bits per heavy atom. The Kier molecular flexibility index (Phi) is 5.73. The molecule has 0 aliphatic carbocycles. The molecule has 1 aromatic heterocycles. The van der Waals surface area contributed by atoms with E-state index in [1.165, 1.54) is 11.8 Å². The van der Waals surface area contributed by atoms with Crippen LogP contribution in [0.2, 0.25) is 0 Å². The van der Waals surface area contributed by atoms with Crippen molar-refractivity contribution in [1.29, 1.82) is 0 Å². The van der Waals surface area contributed by atoms with E-state index in [0.29, 0.717) is 12.2 Å². The van der Waals surface area contributed by atoms with Crippen LogP contribution in [0.5, 0.6) is 0 Å². The average molecular weight is 340 g/mol. The molecule has 0 bridgehead atoms. The lowest BCUT2D eigenvalue weighted by atomic mass is 10.1. The number of nitrogens with zero attached hydrogens (tertiary/aromatic N) is 3. The van der Waals surface area contributed by atoms with E-state index in [-0.39, 0.29) is 18.6 Å². The number of hydrogen-bond donors (Lipinski definition) is 2. The number of likely N-dealkylation sites (tertiary alicyclic amines) is 1. The molecule has 25 heavy (non-hydrogen) atoms. The van der Waals surface area contributed by atoms with Gasteiger partial charge in [0.15, 0.2) is 0 Å². The topological polar surface area (TPSA) is 78.4 Å². The van der Waals surface area contributed by atoms with E-state index >= 15 is 0 Å². The van der Waals surface area contributed by atoms with Crippen LogP contribution >= 0.6 is 0 Å². The number of aliphatic hydroxyl groups is 1. The molecule has 1 fully saturated rings. The SMILES string of the molecule is Cc1cnc(C(=O)NCc2ccccc2CN2CCCC2CO)cn1. The summed E-state index contributed by atoms with van der Waals surface area (Å²) in [5.41, 5.74) is 3.37. The number of amides is 1. The molecular weight excluding hydrogens is 316 g/mol. The van der Waals surface area contributed by atoms with E-state index in [0.717, 1.165) is 37.2 Å². The highest BCUT2D eigenvalue weighted by Crippen LogP contribution is 2.21. The van der Waals surface area contributed by atoms with Gasteiger partial charge in [0.1, 0.15) is 5.69 Å². The summed E-state index contributed by atoms with van der Waals surface area (Å²) in [6.07, 6.45) is 5.25. The number of aryl methyl sites for hydroxylation is 1. The molecular formula is C19H24N4O2. The van der Waals surface area contributed by atoms with Gasteiger partial charge in [0, 0.05) is 25.3 Å². The number of rotatable bonds is 6.